The molecule has 1 aliphatic heterocycles. The number of ether oxygens (including phenoxy) is 1. The Labute approximate surface area is 149 Å². The molecular weight excluding hydrogens is 347 g/mol. The molecule has 1 fully saturated rings. The summed E-state index contributed by atoms with van der Waals surface area (Å²) >= 11 is 0. The van der Waals surface area contributed by atoms with Gasteiger partial charge in [-0.2, -0.15) is 18.3 Å². The van der Waals surface area contributed by atoms with Crippen LogP contribution in [-0.4, -0.2) is 46.9 Å². The van der Waals surface area contributed by atoms with Crippen molar-refractivity contribution in [2.24, 2.45) is 0 Å². The number of hydrogen-bond acceptors (Lipinski definition) is 3. The predicted octanol–water partition coefficient (Wildman–Crippen LogP) is 3.45. The number of alkyl halides is 3. The summed E-state index contributed by atoms with van der Waals surface area (Å²) in [6.45, 7) is 2.86. The second kappa shape index (κ2) is 7.11. The van der Waals surface area contributed by atoms with E-state index in [1.54, 1.807) is 18.9 Å². The van der Waals surface area contributed by atoms with E-state index in [1.165, 1.54) is 23.0 Å². The largest absolute Gasteiger partial charge is 0.416 e. The first-order valence-corrected chi connectivity index (χ1v) is 8.35. The molecule has 0 N–H and O–H groups in total. The van der Waals surface area contributed by atoms with Gasteiger partial charge in [0.25, 0.3) is 5.91 Å². The molecule has 1 aromatic carbocycles. The highest BCUT2D eigenvalue weighted by Crippen LogP contribution is 2.30. The van der Waals surface area contributed by atoms with Crippen molar-refractivity contribution >= 4 is 5.91 Å². The van der Waals surface area contributed by atoms with Gasteiger partial charge in [0.2, 0.25) is 0 Å². The third kappa shape index (κ3) is 3.60. The van der Waals surface area contributed by atoms with Crippen molar-refractivity contribution in [3.8, 4) is 5.69 Å². The maximum atomic E-state index is 12.9. The molecule has 26 heavy (non-hydrogen) atoms. The van der Waals surface area contributed by atoms with E-state index in [0.29, 0.717) is 24.3 Å². The number of rotatable bonds is 3. The van der Waals surface area contributed by atoms with E-state index in [1.807, 2.05) is 0 Å². The van der Waals surface area contributed by atoms with E-state index >= 15 is 0 Å². The summed E-state index contributed by atoms with van der Waals surface area (Å²) in [4.78, 5) is 14.5. The number of piperidine rings is 1. The minimum Gasteiger partial charge on any atom is -0.381 e. The second-order valence-corrected chi connectivity index (χ2v) is 6.33. The summed E-state index contributed by atoms with van der Waals surface area (Å²) in [5, 5.41) is 4.13. The molecule has 140 valence electrons. The first-order valence-electron chi connectivity index (χ1n) is 8.35. The molecule has 8 heteroatoms. The lowest BCUT2D eigenvalue weighted by Gasteiger charge is -2.31. The number of halogens is 3. The Kier molecular flexibility index (Phi) is 5.04. The average molecular weight is 367 g/mol. The normalized spacial score (nSPS) is 16.1. The smallest absolute Gasteiger partial charge is 0.381 e. The number of methoxy groups -OCH3 is 1. The van der Waals surface area contributed by atoms with Crippen LogP contribution in [0.1, 0.15) is 34.5 Å². The van der Waals surface area contributed by atoms with E-state index in [4.69, 9.17) is 4.74 Å². The number of amides is 1. The zero-order valence-electron chi connectivity index (χ0n) is 14.6. The number of nitrogens with zero attached hydrogens (tertiary/aromatic N) is 3. The molecule has 0 unspecified atom stereocenters. The van der Waals surface area contributed by atoms with Gasteiger partial charge < -0.3 is 9.64 Å². The van der Waals surface area contributed by atoms with Gasteiger partial charge in [0.1, 0.15) is 0 Å². The average Bonchev–Trinajstić information content (AvgIpc) is 3.02. The van der Waals surface area contributed by atoms with Crippen molar-refractivity contribution in [2.75, 3.05) is 20.2 Å². The maximum Gasteiger partial charge on any atom is 0.416 e. The van der Waals surface area contributed by atoms with E-state index in [9.17, 15) is 18.0 Å². The Morgan fingerprint density at radius 2 is 1.96 bits per heavy atom. The Balaban J connectivity index is 1.83. The van der Waals surface area contributed by atoms with Crippen LogP contribution in [0.4, 0.5) is 13.2 Å². The molecule has 0 radical (unpaired) electrons. The molecule has 3 rings (SSSR count). The first-order chi connectivity index (χ1) is 12.3. The van der Waals surface area contributed by atoms with E-state index < -0.39 is 11.7 Å². The van der Waals surface area contributed by atoms with Crippen molar-refractivity contribution in [3.63, 3.8) is 0 Å². The lowest BCUT2D eigenvalue weighted by Crippen LogP contribution is -2.40. The van der Waals surface area contributed by atoms with Crippen molar-refractivity contribution in [1.82, 2.24) is 14.7 Å². The van der Waals surface area contributed by atoms with Crippen LogP contribution in [0.25, 0.3) is 5.69 Å². The van der Waals surface area contributed by atoms with Gasteiger partial charge in [-0.05, 0) is 38.0 Å². The monoisotopic (exact) mass is 367 g/mol. The second-order valence-electron chi connectivity index (χ2n) is 6.33. The topological polar surface area (TPSA) is 47.4 Å². The van der Waals surface area contributed by atoms with Gasteiger partial charge in [-0.15, -0.1) is 0 Å². The molecule has 2 heterocycles. The summed E-state index contributed by atoms with van der Waals surface area (Å²) in [7, 11) is 1.66. The van der Waals surface area contributed by atoms with Crippen molar-refractivity contribution in [2.45, 2.75) is 32.0 Å². The number of aromatic nitrogens is 2. The van der Waals surface area contributed by atoms with Crippen LogP contribution >= 0.6 is 0 Å². The third-order valence-corrected chi connectivity index (χ3v) is 4.72. The molecule has 1 saturated heterocycles. The summed E-state index contributed by atoms with van der Waals surface area (Å²) in [6, 6.07) is 4.90. The van der Waals surface area contributed by atoms with Crippen molar-refractivity contribution < 1.29 is 22.7 Å². The van der Waals surface area contributed by atoms with Crippen LogP contribution in [0, 0.1) is 6.92 Å². The molecule has 0 aliphatic carbocycles. The van der Waals surface area contributed by atoms with Crippen LogP contribution in [0.3, 0.4) is 0 Å². The fourth-order valence-electron chi connectivity index (χ4n) is 3.16. The van der Waals surface area contributed by atoms with Crippen LogP contribution in [0.5, 0.6) is 0 Å². The lowest BCUT2D eigenvalue weighted by molar-refractivity contribution is -0.137. The van der Waals surface area contributed by atoms with Gasteiger partial charge in [0.15, 0.2) is 0 Å². The highest BCUT2D eigenvalue weighted by molar-refractivity contribution is 5.95. The molecule has 0 saturated carbocycles. The SMILES string of the molecule is COC1CCN(C(=O)c2cnn(-c3cccc(C(F)(F)F)c3)c2C)CC1. The first kappa shape index (κ1) is 18.4. The minimum absolute atomic E-state index is 0.157. The number of benzene rings is 1. The fourth-order valence-corrected chi connectivity index (χ4v) is 3.16. The highest BCUT2D eigenvalue weighted by Gasteiger charge is 2.31. The summed E-state index contributed by atoms with van der Waals surface area (Å²) in [6.07, 6.45) is -1.32. The quantitative estimate of drug-likeness (QED) is 0.835. The molecule has 0 atom stereocenters. The highest BCUT2D eigenvalue weighted by atomic mass is 19.4. The maximum absolute atomic E-state index is 12.9. The van der Waals surface area contributed by atoms with Crippen LogP contribution in [0.15, 0.2) is 30.5 Å². The molecule has 1 aliphatic rings. The van der Waals surface area contributed by atoms with Crippen LogP contribution in [-0.2, 0) is 10.9 Å². The van der Waals surface area contributed by atoms with E-state index in [-0.39, 0.29) is 17.7 Å². The Hall–Kier alpha value is -2.35. The van der Waals surface area contributed by atoms with Gasteiger partial charge in [-0.25, -0.2) is 4.68 Å². The Bertz CT molecular complexity index is 793. The number of hydrogen-bond donors (Lipinski definition) is 0. The van der Waals surface area contributed by atoms with Crippen LogP contribution in [0.2, 0.25) is 0 Å². The summed E-state index contributed by atoms with van der Waals surface area (Å²) in [5.74, 6) is -0.157. The molecule has 0 spiro atoms. The van der Waals surface area contributed by atoms with Gasteiger partial charge in [0.05, 0.1) is 34.8 Å². The van der Waals surface area contributed by atoms with Gasteiger partial charge in [-0.3, -0.25) is 4.79 Å². The number of carbonyl (C=O) groups excluding carboxylic acids is 1. The van der Waals surface area contributed by atoms with E-state index in [2.05, 4.69) is 5.10 Å². The fraction of sp³-hybridized carbons (Fsp3) is 0.444. The zero-order valence-corrected chi connectivity index (χ0v) is 14.6. The lowest BCUT2D eigenvalue weighted by atomic mass is 10.1. The van der Waals surface area contributed by atoms with Gasteiger partial charge in [0, 0.05) is 20.2 Å². The Morgan fingerprint density at radius 3 is 2.58 bits per heavy atom. The molecular formula is C18H20F3N3O2. The summed E-state index contributed by atoms with van der Waals surface area (Å²) in [5.41, 5.74) is 0.440. The summed E-state index contributed by atoms with van der Waals surface area (Å²) < 4.78 is 45.4. The third-order valence-electron chi connectivity index (χ3n) is 4.72. The predicted molar refractivity (Wildman–Crippen MR) is 89.2 cm³/mol. The molecule has 1 aromatic heterocycles. The van der Waals surface area contributed by atoms with Crippen molar-refractivity contribution in [1.29, 1.82) is 0 Å². The molecule has 0 bridgehead atoms. The minimum atomic E-state index is -4.43. The molecule has 1 amide bonds. The van der Waals surface area contributed by atoms with Crippen LogP contribution < -0.4 is 0 Å². The van der Waals surface area contributed by atoms with Gasteiger partial charge in [-0.1, -0.05) is 6.07 Å². The molecule has 5 nitrogen and oxygen atoms in total. The number of likely N-dealkylation sites (tertiary alicyclic amines) is 1. The molecule has 2 aromatic rings. The van der Waals surface area contributed by atoms with E-state index in [0.717, 1.165) is 25.0 Å². The zero-order chi connectivity index (χ0) is 18.9. The number of carbonyl (C=O) groups is 1. The Morgan fingerprint density at radius 1 is 1.27 bits per heavy atom. The van der Waals surface area contributed by atoms with Gasteiger partial charge >= 0.3 is 6.18 Å². The van der Waals surface area contributed by atoms with Crippen molar-refractivity contribution in [3.05, 3.63) is 47.3 Å². The standard InChI is InChI=1S/C18H20F3N3O2/c1-12-16(17(25)23-8-6-15(26-2)7-9-23)11-22-24(12)14-5-3-4-13(10-14)18(19,20)21/h3-5,10-11,15H,6-9H2,1-2H3.